The van der Waals surface area contributed by atoms with Gasteiger partial charge in [0.05, 0.1) is 5.69 Å². The van der Waals surface area contributed by atoms with Crippen LogP contribution in [-0.4, -0.2) is 38.8 Å². The number of hydrogen-bond acceptors (Lipinski definition) is 5. The van der Waals surface area contributed by atoms with Crippen LogP contribution in [0.4, 0.5) is 0 Å². The lowest BCUT2D eigenvalue weighted by molar-refractivity contribution is 0.0867. The van der Waals surface area contributed by atoms with Crippen LogP contribution in [0.1, 0.15) is 22.9 Å². The summed E-state index contributed by atoms with van der Waals surface area (Å²) in [5.41, 5.74) is 5.26. The fourth-order valence-electron chi connectivity index (χ4n) is 3.23. The zero-order chi connectivity index (χ0) is 22.0. The van der Waals surface area contributed by atoms with Gasteiger partial charge in [-0.1, -0.05) is 25.7 Å². The molecule has 31 heavy (non-hydrogen) atoms. The molecule has 0 atom stereocenters. The van der Waals surface area contributed by atoms with E-state index in [9.17, 15) is 0 Å². The number of pyridine rings is 1. The molecule has 0 spiro atoms. The van der Waals surface area contributed by atoms with Crippen LogP contribution in [0.3, 0.4) is 0 Å². The van der Waals surface area contributed by atoms with Crippen LogP contribution in [0.5, 0.6) is 0 Å². The van der Waals surface area contributed by atoms with E-state index in [2.05, 4.69) is 58.2 Å². The number of imidazole rings is 1. The maximum atomic E-state index is 6.00. The highest BCUT2D eigenvalue weighted by atomic mass is 32.1. The Hall–Kier alpha value is -2.55. The van der Waals surface area contributed by atoms with Crippen molar-refractivity contribution >= 4 is 37.2 Å². The second-order valence-electron chi connectivity index (χ2n) is 9.01. The van der Waals surface area contributed by atoms with Gasteiger partial charge >= 0.3 is 0 Å². The molecule has 4 heterocycles. The summed E-state index contributed by atoms with van der Waals surface area (Å²) in [5, 5.41) is 8.88. The average molecular weight is 452 g/mol. The van der Waals surface area contributed by atoms with E-state index < -0.39 is 8.07 Å². The lowest BCUT2D eigenvalue weighted by Crippen LogP contribution is -2.22. The summed E-state index contributed by atoms with van der Waals surface area (Å²) in [6.45, 7) is 12.5. The molecule has 0 bridgehead atoms. The topological polar surface area (TPSA) is 57.2 Å². The molecule has 0 fully saturated rings. The molecular weight excluding hydrogens is 422 g/mol. The van der Waals surface area contributed by atoms with Crippen molar-refractivity contribution in [3.05, 3.63) is 58.1 Å². The Balaban J connectivity index is 1.59. The van der Waals surface area contributed by atoms with Crippen LogP contribution in [0.25, 0.3) is 29.1 Å². The molecule has 4 rings (SSSR count). The fraction of sp³-hybridized carbons (Fsp3) is 0.348. The van der Waals surface area contributed by atoms with E-state index in [0.29, 0.717) is 12.6 Å². The lowest BCUT2D eigenvalue weighted by atomic mass is 10.2. The van der Waals surface area contributed by atoms with E-state index in [1.54, 1.807) is 11.3 Å². The summed E-state index contributed by atoms with van der Waals surface area (Å²) in [6.07, 6.45) is 5.96. The monoisotopic (exact) mass is 451 g/mol. The molecule has 0 aliphatic carbocycles. The van der Waals surface area contributed by atoms with Gasteiger partial charge in [-0.05, 0) is 55.1 Å². The zero-order valence-corrected chi connectivity index (χ0v) is 20.6. The molecule has 0 aliphatic heterocycles. The van der Waals surface area contributed by atoms with Crippen LogP contribution < -0.4 is 0 Å². The van der Waals surface area contributed by atoms with Crippen LogP contribution >= 0.6 is 11.3 Å². The normalized spacial score (nSPS) is 12.4. The number of hydrogen-bond donors (Lipinski definition) is 0. The molecule has 0 N–H and O–H groups in total. The average Bonchev–Trinajstić information content (AvgIpc) is 3.41. The first-order valence-electron chi connectivity index (χ1n) is 10.5. The van der Waals surface area contributed by atoms with Crippen molar-refractivity contribution in [1.29, 1.82) is 0 Å². The second-order valence-corrected chi connectivity index (χ2v) is 15.4. The van der Waals surface area contributed by atoms with Gasteiger partial charge in [-0.3, -0.25) is 0 Å². The van der Waals surface area contributed by atoms with Crippen molar-refractivity contribution in [2.24, 2.45) is 0 Å². The maximum absolute atomic E-state index is 6.00. The van der Waals surface area contributed by atoms with Gasteiger partial charge in [-0.15, -0.1) is 5.10 Å². The highest BCUT2D eigenvalue weighted by molar-refractivity contribution is 7.08. The van der Waals surface area contributed by atoms with Gasteiger partial charge in [-0.25, -0.2) is 14.5 Å². The zero-order valence-electron chi connectivity index (χ0n) is 18.8. The molecule has 0 saturated heterocycles. The Morgan fingerprint density at radius 1 is 1.10 bits per heavy atom. The number of thiophene rings is 1. The number of nitrogens with zero attached hydrogens (tertiary/aromatic N) is 5. The molecule has 6 nitrogen and oxygen atoms in total. The summed E-state index contributed by atoms with van der Waals surface area (Å²) < 4.78 is 9.92. The minimum Gasteiger partial charge on any atom is -0.361 e. The van der Waals surface area contributed by atoms with Crippen LogP contribution in [-0.2, 0) is 11.5 Å². The standard InChI is InChI=1S/C23H29N5OSSi/c1-17-14-30-15-19(17)20-13-27(16-29-11-12-31(3,4)5)22(24-20)10-9-21-25-23-8-6-7-18(2)28(23)26-21/h6-10,13-15H,11-12,16H2,1-5H3/b10-9+. The van der Waals surface area contributed by atoms with Crippen molar-refractivity contribution in [2.75, 3.05) is 6.61 Å². The van der Waals surface area contributed by atoms with Crippen molar-refractivity contribution in [3.8, 4) is 11.3 Å². The van der Waals surface area contributed by atoms with Gasteiger partial charge in [0, 0.05) is 37.5 Å². The molecule has 0 aliphatic rings. The highest BCUT2D eigenvalue weighted by Gasteiger charge is 2.14. The SMILES string of the molecule is Cc1cscc1-c1cn(COCC[Si](C)(C)C)c(/C=C/c2nc3cccc(C)n3n2)n1. The molecule has 0 saturated carbocycles. The van der Waals surface area contributed by atoms with E-state index >= 15 is 0 Å². The largest absolute Gasteiger partial charge is 0.361 e. The first kappa shape index (κ1) is 21.7. The van der Waals surface area contributed by atoms with E-state index in [-0.39, 0.29) is 0 Å². The Bertz CT molecular complexity index is 1210. The van der Waals surface area contributed by atoms with Crippen LogP contribution in [0.15, 0.2) is 35.2 Å². The summed E-state index contributed by atoms with van der Waals surface area (Å²) in [5.74, 6) is 1.50. The van der Waals surface area contributed by atoms with Gasteiger partial charge in [0.25, 0.3) is 0 Å². The minimum absolute atomic E-state index is 0.484. The maximum Gasteiger partial charge on any atom is 0.175 e. The van der Waals surface area contributed by atoms with Gasteiger partial charge in [0.1, 0.15) is 12.6 Å². The Morgan fingerprint density at radius 3 is 2.65 bits per heavy atom. The second kappa shape index (κ2) is 8.90. The van der Waals surface area contributed by atoms with Gasteiger partial charge < -0.3 is 9.30 Å². The van der Waals surface area contributed by atoms with Crippen LogP contribution in [0, 0.1) is 13.8 Å². The van der Waals surface area contributed by atoms with E-state index in [4.69, 9.17) is 9.72 Å². The molecule has 0 radical (unpaired) electrons. The van der Waals surface area contributed by atoms with Crippen molar-refractivity contribution in [1.82, 2.24) is 24.1 Å². The minimum atomic E-state index is -1.12. The molecule has 4 aromatic heterocycles. The highest BCUT2D eigenvalue weighted by Crippen LogP contribution is 2.26. The number of aryl methyl sites for hydroxylation is 2. The Labute approximate surface area is 188 Å². The molecule has 8 heteroatoms. The third-order valence-corrected chi connectivity index (χ3v) is 7.68. The molecular formula is C23H29N5OSSi. The summed E-state index contributed by atoms with van der Waals surface area (Å²) in [4.78, 5) is 9.47. The first-order chi connectivity index (χ1) is 14.8. The summed E-state index contributed by atoms with van der Waals surface area (Å²) in [6, 6.07) is 7.12. The molecule has 162 valence electrons. The number of fused-ring (bicyclic) bond motifs is 1. The van der Waals surface area contributed by atoms with E-state index in [0.717, 1.165) is 35.5 Å². The van der Waals surface area contributed by atoms with Crippen molar-refractivity contribution in [2.45, 2.75) is 46.3 Å². The quantitative estimate of drug-likeness (QED) is 0.253. The third-order valence-electron chi connectivity index (χ3n) is 5.11. The molecule has 0 unspecified atom stereocenters. The van der Waals surface area contributed by atoms with Gasteiger partial charge in [0.15, 0.2) is 11.5 Å². The van der Waals surface area contributed by atoms with E-state index in [1.807, 2.05) is 41.8 Å². The number of aromatic nitrogens is 5. The van der Waals surface area contributed by atoms with E-state index in [1.165, 1.54) is 11.1 Å². The predicted octanol–water partition coefficient (Wildman–Crippen LogP) is 5.75. The van der Waals surface area contributed by atoms with Gasteiger partial charge in [-0.2, -0.15) is 11.3 Å². The lowest BCUT2D eigenvalue weighted by Gasteiger charge is -2.15. The first-order valence-corrected chi connectivity index (χ1v) is 15.1. The number of rotatable bonds is 8. The summed E-state index contributed by atoms with van der Waals surface area (Å²) in [7, 11) is -1.12. The van der Waals surface area contributed by atoms with Crippen LogP contribution in [0.2, 0.25) is 25.7 Å². The Morgan fingerprint density at radius 2 is 1.94 bits per heavy atom. The van der Waals surface area contributed by atoms with Crippen molar-refractivity contribution < 1.29 is 4.74 Å². The van der Waals surface area contributed by atoms with Gasteiger partial charge in [0.2, 0.25) is 0 Å². The third kappa shape index (κ3) is 5.20. The number of ether oxygens (including phenoxy) is 1. The Kier molecular flexibility index (Phi) is 6.22. The summed E-state index contributed by atoms with van der Waals surface area (Å²) >= 11 is 1.70. The molecule has 0 amide bonds. The molecule has 4 aromatic rings. The smallest absolute Gasteiger partial charge is 0.175 e. The van der Waals surface area contributed by atoms with Crippen molar-refractivity contribution in [3.63, 3.8) is 0 Å². The predicted molar refractivity (Wildman–Crippen MR) is 131 cm³/mol. The fourth-order valence-corrected chi connectivity index (χ4v) is 4.83. The molecule has 0 aromatic carbocycles.